The Hall–Kier alpha value is -0.420. The molecule has 10 heavy (non-hydrogen) atoms. The first kappa shape index (κ1) is 7.68. The van der Waals surface area contributed by atoms with Crippen molar-refractivity contribution in [3.05, 3.63) is 0 Å². The minimum absolute atomic E-state index is 0.0743. The zero-order chi connectivity index (χ0) is 7.78. The van der Waals surface area contributed by atoms with Crippen LogP contribution in [0.15, 0.2) is 0 Å². The second kappa shape index (κ2) is 2.32. The van der Waals surface area contributed by atoms with Crippen molar-refractivity contribution in [2.75, 3.05) is 19.3 Å². The smallest absolute Gasteiger partial charge is 0.211 e. The van der Waals surface area contributed by atoms with Gasteiger partial charge in [-0.25, -0.2) is 12.7 Å². The van der Waals surface area contributed by atoms with Gasteiger partial charge in [0, 0.05) is 19.0 Å². The van der Waals surface area contributed by atoms with E-state index in [9.17, 15) is 13.2 Å². The molecule has 1 saturated heterocycles. The molecule has 1 aliphatic heterocycles. The van der Waals surface area contributed by atoms with Crippen LogP contribution in [-0.2, 0) is 14.8 Å². The Morgan fingerprint density at radius 2 is 2.00 bits per heavy atom. The molecule has 0 radical (unpaired) electrons. The van der Waals surface area contributed by atoms with E-state index in [0.717, 1.165) is 12.5 Å². The lowest BCUT2D eigenvalue weighted by atomic mass is 10.1. The molecular weight excluding hydrogens is 154 g/mol. The highest BCUT2D eigenvalue weighted by molar-refractivity contribution is 7.88. The van der Waals surface area contributed by atoms with Crippen molar-refractivity contribution in [1.82, 2.24) is 4.31 Å². The van der Waals surface area contributed by atoms with Gasteiger partial charge in [-0.05, 0) is 0 Å². The maximum Gasteiger partial charge on any atom is 0.211 e. The summed E-state index contributed by atoms with van der Waals surface area (Å²) in [4.78, 5) is 10.0. The monoisotopic (exact) mass is 163 g/mol. The number of sulfonamides is 1. The normalized spacial score (nSPS) is 22.1. The molecule has 1 heterocycles. The fourth-order valence-electron chi connectivity index (χ4n) is 0.826. The van der Waals surface area contributed by atoms with Gasteiger partial charge < -0.3 is 4.79 Å². The van der Waals surface area contributed by atoms with Crippen LogP contribution in [-0.4, -0.2) is 38.4 Å². The molecule has 1 fully saturated rings. The molecule has 0 aromatic rings. The molecule has 0 N–H and O–H groups in total. The molecule has 1 rings (SSSR count). The molecule has 58 valence electrons. The summed E-state index contributed by atoms with van der Waals surface area (Å²) in [7, 11) is -3.03. The molecule has 0 bridgehead atoms. The van der Waals surface area contributed by atoms with Gasteiger partial charge in [-0.2, -0.15) is 0 Å². The van der Waals surface area contributed by atoms with E-state index in [4.69, 9.17) is 0 Å². The molecular formula is C5H9NO3S. The standard InChI is InChI=1S/C5H9NO3S/c1-10(8,9)6-2-5(3-6)4-7/h4-5H,2-3H2,1H3. The van der Waals surface area contributed by atoms with Crippen LogP contribution in [0.5, 0.6) is 0 Å². The molecule has 0 saturated carbocycles. The molecule has 5 heteroatoms. The average molecular weight is 163 g/mol. The summed E-state index contributed by atoms with van der Waals surface area (Å²) in [5, 5.41) is 0. The second-order valence-electron chi connectivity index (χ2n) is 2.48. The van der Waals surface area contributed by atoms with E-state index >= 15 is 0 Å². The third-order valence-electron chi connectivity index (χ3n) is 1.54. The van der Waals surface area contributed by atoms with E-state index in [1.807, 2.05) is 0 Å². The average Bonchev–Trinajstić information content (AvgIpc) is 1.57. The number of hydrogen-bond donors (Lipinski definition) is 0. The number of hydrogen-bond acceptors (Lipinski definition) is 3. The molecule has 1 aliphatic rings. The minimum atomic E-state index is -3.03. The van der Waals surface area contributed by atoms with E-state index in [1.165, 1.54) is 4.31 Å². The van der Waals surface area contributed by atoms with Crippen molar-refractivity contribution in [2.45, 2.75) is 0 Å². The first-order valence-corrected chi connectivity index (χ1v) is 4.79. The summed E-state index contributed by atoms with van der Waals surface area (Å²) in [6.07, 6.45) is 1.94. The Labute approximate surface area is 59.9 Å². The van der Waals surface area contributed by atoms with Gasteiger partial charge in [-0.15, -0.1) is 0 Å². The van der Waals surface area contributed by atoms with Crippen LogP contribution in [0.25, 0.3) is 0 Å². The number of carbonyl (C=O) groups is 1. The number of carbonyl (C=O) groups excluding carboxylic acids is 1. The summed E-state index contributed by atoms with van der Waals surface area (Å²) in [6.45, 7) is 0.727. The fourth-order valence-corrected chi connectivity index (χ4v) is 1.75. The molecule has 4 nitrogen and oxygen atoms in total. The second-order valence-corrected chi connectivity index (χ2v) is 4.46. The highest BCUT2D eigenvalue weighted by Gasteiger charge is 2.32. The third-order valence-corrected chi connectivity index (χ3v) is 2.77. The van der Waals surface area contributed by atoms with E-state index in [0.29, 0.717) is 13.1 Å². The molecule has 0 aliphatic carbocycles. The lowest BCUT2D eigenvalue weighted by Gasteiger charge is -2.33. The molecule has 0 atom stereocenters. The number of aldehydes is 1. The molecule has 0 aromatic heterocycles. The van der Waals surface area contributed by atoms with Crippen LogP contribution >= 0.6 is 0 Å². The van der Waals surface area contributed by atoms with Gasteiger partial charge in [0.2, 0.25) is 10.0 Å². The summed E-state index contributed by atoms with van der Waals surface area (Å²) in [5.41, 5.74) is 0. The van der Waals surface area contributed by atoms with E-state index in [-0.39, 0.29) is 5.92 Å². The molecule has 0 spiro atoms. The van der Waals surface area contributed by atoms with Crippen LogP contribution in [0.1, 0.15) is 0 Å². The Bertz CT molecular complexity index is 227. The lowest BCUT2D eigenvalue weighted by molar-refractivity contribution is -0.113. The van der Waals surface area contributed by atoms with Crippen LogP contribution in [0.3, 0.4) is 0 Å². The van der Waals surface area contributed by atoms with Gasteiger partial charge in [-0.1, -0.05) is 0 Å². The van der Waals surface area contributed by atoms with Crippen LogP contribution in [0, 0.1) is 5.92 Å². The first-order valence-electron chi connectivity index (χ1n) is 2.94. The molecule has 0 unspecified atom stereocenters. The Morgan fingerprint density at radius 1 is 1.50 bits per heavy atom. The third kappa shape index (κ3) is 1.35. The Balaban J connectivity index is 2.48. The Morgan fingerprint density at radius 3 is 2.30 bits per heavy atom. The van der Waals surface area contributed by atoms with Crippen molar-refractivity contribution in [3.8, 4) is 0 Å². The van der Waals surface area contributed by atoms with Crippen molar-refractivity contribution < 1.29 is 13.2 Å². The van der Waals surface area contributed by atoms with Gasteiger partial charge in [-0.3, -0.25) is 0 Å². The molecule has 0 aromatic carbocycles. The SMILES string of the molecule is CS(=O)(=O)N1CC(C=O)C1. The highest BCUT2D eigenvalue weighted by atomic mass is 32.2. The molecule has 0 amide bonds. The van der Waals surface area contributed by atoms with E-state index < -0.39 is 10.0 Å². The predicted molar refractivity (Wildman–Crippen MR) is 36.0 cm³/mol. The fraction of sp³-hybridized carbons (Fsp3) is 0.800. The van der Waals surface area contributed by atoms with Crippen LogP contribution in [0.4, 0.5) is 0 Å². The minimum Gasteiger partial charge on any atom is -0.303 e. The van der Waals surface area contributed by atoms with Crippen LogP contribution < -0.4 is 0 Å². The maximum atomic E-state index is 10.7. The topological polar surface area (TPSA) is 54.5 Å². The maximum absolute atomic E-state index is 10.7. The number of nitrogens with zero attached hydrogens (tertiary/aromatic N) is 1. The van der Waals surface area contributed by atoms with Gasteiger partial charge >= 0.3 is 0 Å². The highest BCUT2D eigenvalue weighted by Crippen LogP contribution is 2.15. The van der Waals surface area contributed by atoms with Gasteiger partial charge in [0.25, 0.3) is 0 Å². The summed E-state index contributed by atoms with van der Waals surface area (Å²) >= 11 is 0. The van der Waals surface area contributed by atoms with Crippen molar-refractivity contribution in [1.29, 1.82) is 0 Å². The lowest BCUT2D eigenvalue weighted by Crippen LogP contribution is -2.49. The van der Waals surface area contributed by atoms with Crippen molar-refractivity contribution in [3.63, 3.8) is 0 Å². The predicted octanol–water partition coefficient (Wildman–Crippen LogP) is -0.923. The van der Waals surface area contributed by atoms with E-state index in [2.05, 4.69) is 0 Å². The van der Waals surface area contributed by atoms with Gasteiger partial charge in [0.1, 0.15) is 6.29 Å². The Kier molecular flexibility index (Phi) is 1.78. The largest absolute Gasteiger partial charge is 0.303 e. The van der Waals surface area contributed by atoms with Crippen LogP contribution in [0.2, 0.25) is 0 Å². The summed E-state index contributed by atoms with van der Waals surface area (Å²) in [6, 6.07) is 0. The zero-order valence-electron chi connectivity index (χ0n) is 5.65. The summed E-state index contributed by atoms with van der Waals surface area (Å²) < 4.78 is 22.7. The number of rotatable bonds is 2. The van der Waals surface area contributed by atoms with Crippen molar-refractivity contribution >= 4 is 16.3 Å². The van der Waals surface area contributed by atoms with Gasteiger partial charge in [0.05, 0.1) is 6.26 Å². The summed E-state index contributed by atoms with van der Waals surface area (Å²) in [5.74, 6) is -0.0743. The first-order chi connectivity index (χ1) is 4.54. The van der Waals surface area contributed by atoms with E-state index in [1.54, 1.807) is 0 Å². The van der Waals surface area contributed by atoms with Gasteiger partial charge in [0.15, 0.2) is 0 Å². The quantitative estimate of drug-likeness (QED) is 0.494. The zero-order valence-corrected chi connectivity index (χ0v) is 6.47. The van der Waals surface area contributed by atoms with Crippen molar-refractivity contribution in [2.24, 2.45) is 5.92 Å².